The lowest BCUT2D eigenvalue weighted by molar-refractivity contribution is 0.310. The van der Waals surface area contributed by atoms with E-state index in [1.165, 1.54) is 11.1 Å². The fourth-order valence-corrected chi connectivity index (χ4v) is 2.98. The van der Waals surface area contributed by atoms with Crippen molar-refractivity contribution in [3.05, 3.63) is 65.5 Å². The quantitative estimate of drug-likeness (QED) is 0.621. The Balaban J connectivity index is 1.70. The van der Waals surface area contributed by atoms with Crippen molar-refractivity contribution in [1.82, 2.24) is 19.9 Å². The molecule has 3 rings (SSSR count). The van der Waals surface area contributed by atoms with E-state index in [1.54, 1.807) is 7.11 Å². The molecule has 28 heavy (non-hydrogen) atoms. The number of nitrogens with zero attached hydrogens (tertiary/aromatic N) is 4. The van der Waals surface area contributed by atoms with Gasteiger partial charge in [0.2, 0.25) is 11.9 Å². The van der Waals surface area contributed by atoms with E-state index in [0.29, 0.717) is 18.3 Å². The second-order valence-electron chi connectivity index (χ2n) is 6.59. The summed E-state index contributed by atoms with van der Waals surface area (Å²) in [5.41, 5.74) is 9.26. The molecule has 1 heterocycles. The summed E-state index contributed by atoms with van der Waals surface area (Å²) in [6.45, 7) is 3.43. The first-order valence-corrected chi connectivity index (χ1v) is 9.24. The number of nitrogens with one attached hydrogen (secondary N) is 1. The van der Waals surface area contributed by atoms with Crippen LogP contribution < -0.4 is 15.8 Å². The van der Waals surface area contributed by atoms with Gasteiger partial charge in [-0.25, -0.2) is 0 Å². The van der Waals surface area contributed by atoms with Crippen LogP contribution in [0.2, 0.25) is 0 Å². The fourth-order valence-electron chi connectivity index (χ4n) is 2.98. The van der Waals surface area contributed by atoms with Gasteiger partial charge in [0.15, 0.2) is 0 Å². The van der Waals surface area contributed by atoms with E-state index >= 15 is 0 Å². The summed E-state index contributed by atoms with van der Waals surface area (Å²) in [5.74, 6) is 2.14. The summed E-state index contributed by atoms with van der Waals surface area (Å²) < 4.78 is 5.20. The third kappa shape index (κ3) is 5.17. The second kappa shape index (κ2) is 9.14. The number of aromatic nitrogens is 3. The molecular formula is C21H26N6O. The summed E-state index contributed by atoms with van der Waals surface area (Å²) in [5, 5.41) is 3.27. The zero-order valence-electron chi connectivity index (χ0n) is 16.5. The molecule has 0 saturated carbocycles. The molecule has 146 valence electrons. The lowest BCUT2D eigenvalue weighted by atomic mass is 10.1. The predicted molar refractivity (Wildman–Crippen MR) is 112 cm³/mol. The Morgan fingerprint density at radius 3 is 2.46 bits per heavy atom. The Kier molecular flexibility index (Phi) is 6.39. The second-order valence-corrected chi connectivity index (χ2v) is 6.59. The molecule has 0 aliphatic carbocycles. The number of aryl methyl sites for hydroxylation is 1. The molecule has 0 fully saturated rings. The minimum absolute atomic E-state index is 0.208. The van der Waals surface area contributed by atoms with Crippen LogP contribution in [0.1, 0.15) is 23.9 Å². The van der Waals surface area contributed by atoms with Crippen molar-refractivity contribution in [3.63, 3.8) is 0 Å². The molecule has 0 spiro atoms. The molecule has 3 aromatic rings. The highest BCUT2D eigenvalue weighted by atomic mass is 16.5. The summed E-state index contributed by atoms with van der Waals surface area (Å²) in [4.78, 5) is 15.2. The minimum Gasteiger partial charge on any atom is -0.497 e. The number of hydrogen-bond acceptors (Lipinski definition) is 7. The van der Waals surface area contributed by atoms with Gasteiger partial charge in [-0.15, -0.1) is 0 Å². The zero-order valence-corrected chi connectivity index (χ0v) is 16.5. The SMILES string of the molecule is CCc1ccccc1Nc1nc(N)nc(CN(C)Cc2ccc(OC)cc2)n1. The average molecular weight is 378 g/mol. The van der Waals surface area contributed by atoms with Gasteiger partial charge in [0.05, 0.1) is 13.7 Å². The lowest BCUT2D eigenvalue weighted by Crippen LogP contribution is -2.20. The Morgan fingerprint density at radius 1 is 1.00 bits per heavy atom. The normalized spacial score (nSPS) is 10.9. The Morgan fingerprint density at radius 2 is 1.75 bits per heavy atom. The van der Waals surface area contributed by atoms with Crippen molar-refractivity contribution in [2.24, 2.45) is 0 Å². The van der Waals surface area contributed by atoms with E-state index < -0.39 is 0 Å². The predicted octanol–water partition coefficient (Wildman–Crippen LogP) is 3.40. The van der Waals surface area contributed by atoms with Crippen molar-refractivity contribution < 1.29 is 4.74 Å². The van der Waals surface area contributed by atoms with Gasteiger partial charge in [0.1, 0.15) is 11.6 Å². The van der Waals surface area contributed by atoms with Gasteiger partial charge in [-0.3, -0.25) is 4.90 Å². The lowest BCUT2D eigenvalue weighted by Gasteiger charge is -2.17. The molecule has 0 aliphatic heterocycles. The van der Waals surface area contributed by atoms with Gasteiger partial charge in [0.25, 0.3) is 0 Å². The van der Waals surface area contributed by atoms with Gasteiger partial charge < -0.3 is 15.8 Å². The van der Waals surface area contributed by atoms with E-state index in [0.717, 1.165) is 24.4 Å². The summed E-state index contributed by atoms with van der Waals surface area (Å²) in [6, 6.07) is 16.1. The van der Waals surface area contributed by atoms with Crippen LogP contribution in [-0.2, 0) is 19.5 Å². The van der Waals surface area contributed by atoms with Crippen LogP contribution in [0.4, 0.5) is 17.6 Å². The van der Waals surface area contributed by atoms with Gasteiger partial charge in [-0.1, -0.05) is 37.3 Å². The number of para-hydroxylation sites is 1. The molecule has 0 unspecified atom stereocenters. The smallest absolute Gasteiger partial charge is 0.232 e. The first kappa shape index (κ1) is 19.6. The molecule has 1 aromatic heterocycles. The number of ether oxygens (including phenoxy) is 1. The molecule has 2 aromatic carbocycles. The van der Waals surface area contributed by atoms with E-state index in [1.807, 2.05) is 49.5 Å². The van der Waals surface area contributed by atoms with Crippen molar-refractivity contribution in [2.45, 2.75) is 26.4 Å². The van der Waals surface area contributed by atoms with Gasteiger partial charge in [-0.2, -0.15) is 15.0 Å². The maximum absolute atomic E-state index is 5.91. The first-order valence-electron chi connectivity index (χ1n) is 9.24. The highest BCUT2D eigenvalue weighted by molar-refractivity contribution is 5.58. The summed E-state index contributed by atoms with van der Waals surface area (Å²) in [6.07, 6.45) is 0.918. The van der Waals surface area contributed by atoms with Crippen LogP contribution in [0.25, 0.3) is 0 Å². The fraction of sp³-hybridized carbons (Fsp3) is 0.286. The number of methoxy groups -OCH3 is 1. The summed E-state index contributed by atoms with van der Waals surface area (Å²) in [7, 11) is 3.68. The van der Waals surface area contributed by atoms with Crippen LogP contribution in [0.15, 0.2) is 48.5 Å². The van der Waals surface area contributed by atoms with Crippen molar-refractivity contribution in [3.8, 4) is 5.75 Å². The monoisotopic (exact) mass is 378 g/mol. The molecule has 0 bridgehead atoms. The molecule has 0 amide bonds. The number of rotatable bonds is 8. The highest BCUT2D eigenvalue weighted by Crippen LogP contribution is 2.20. The Bertz CT molecular complexity index is 913. The van der Waals surface area contributed by atoms with Crippen LogP contribution >= 0.6 is 0 Å². The van der Waals surface area contributed by atoms with Gasteiger partial charge in [-0.05, 0) is 42.8 Å². The van der Waals surface area contributed by atoms with Crippen LogP contribution in [0.5, 0.6) is 5.75 Å². The van der Waals surface area contributed by atoms with Gasteiger partial charge in [0, 0.05) is 12.2 Å². The minimum atomic E-state index is 0.208. The zero-order chi connectivity index (χ0) is 19.9. The summed E-state index contributed by atoms with van der Waals surface area (Å²) >= 11 is 0. The number of nitrogens with two attached hydrogens (primary N) is 1. The maximum Gasteiger partial charge on any atom is 0.232 e. The molecule has 0 atom stereocenters. The molecule has 0 aliphatic rings. The molecule has 3 N–H and O–H groups in total. The molecule has 0 saturated heterocycles. The van der Waals surface area contributed by atoms with Crippen LogP contribution in [-0.4, -0.2) is 34.0 Å². The maximum atomic E-state index is 5.91. The first-order chi connectivity index (χ1) is 13.6. The Hall–Kier alpha value is -3.19. The largest absolute Gasteiger partial charge is 0.497 e. The van der Waals surface area contributed by atoms with Gasteiger partial charge >= 0.3 is 0 Å². The van der Waals surface area contributed by atoms with E-state index in [9.17, 15) is 0 Å². The van der Waals surface area contributed by atoms with Crippen LogP contribution in [0.3, 0.4) is 0 Å². The average Bonchev–Trinajstić information content (AvgIpc) is 2.68. The molecular weight excluding hydrogens is 352 g/mol. The van der Waals surface area contributed by atoms with E-state index in [4.69, 9.17) is 10.5 Å². The standard InChI is InChI=1S/C21H26N6O/c1-4-16-7-5-6-8-18(16)23-21-25-19(24-20(22)26-21)14-27(2)13-15-9-11-17(28-3)12-10-15/h5-12H,4,13-14H2,1-3H3,(H3,22,23,24,25,26). The molecule has 0 radical (unpaired) electrons. The third-order valence-corrected chi connectivity index (χ3v) is 4.37. The molecule has 7 heteroatoms. The highest BCUT2D eigenvalue weighted by Gasteiger charge is 2.10. The number of benzene rings is 2. The van der Waals surface area contributed by atoms with Crippen molar-refractivity contribution in [1.29, 1.82) is 0 Å². The number of anilines is 3. The van der Waals surface area contributed by atoms with Crippen molar-refractivity contribution >= 4 is 17.6 Å². The van der Waals surface area contributed by atoms with Crippen LogP contribution in [0, 0.1) is 0 Å². The number of nitrogen functional groups attached to an aromatic ring is 1. The molecule has 7 nitrogen and oxygen atoms in total. The number of hydrogen-bond donors (Lipinski definition) is 2. The van der Waals surface area contributed by atoms with Crippen molar-refractivity contribution in [2.75, 3.05) is 25.2 Å². The van der Waals surface area contributed by atoms with E-state index in [-0.39, 0.29) is 5.95 Å². The third-order valence-electron chi connectivity index (χ3n) is 4.37. The topological polar surface area (TPSA) is 89.2 Å². The Labute approximate surface area is 165 Å². The van der Waals surface area contributed by atoms with E-state index in [2.05, 4.69) is 38.2 Å².